The van der Waals surface area contributed by atoms with Crippen LogP contribution in [0.25, 0.3) is 0 Å². The Morgan fingerprint density at radius 1 is 1.32 bits per heavy atom. The van der Waals surface area contributed by atoms with Gasteiger partial charge in [0.05, 0.1) is 12.2 Å². The molecule has 34 heavy (non-hydrogen) atoms. The zero-order chi connectivity index (χ0) is 24.7. The topological polar surface area (TPSA) is 104 Å². The number of aryl methyl sites for hydroxylation is 1. The minimum absolute atomic E-state index is 0.114. The van der Waals surface area contributed by atoms with Gasteiger partial charge in [-0.3, -0.25) is 4.79 Å². The lowest BCUT2D eigenvalue weighted by Gasteiger charge is -2.40. The first kappa shape index (κ1) is 26.7. The van der Waals surface area contributed by atoms with Crippen LogP contribution in [0.15, 0.2) is 22.9 Å². The number of rotatable bonds is 9. The van der Waals surface area contributed by atoms with E-state index in [1.807, 2.05) is 16.3 Å². The van der Waals surface area contributed by atoms with Gasteiger partial charge in [-0.05, 0) is 67.1 Å². The highest BCUT2D eigenvalue weighted by Gasteiger charge is 2.29. The Kier molecular flexibility index (Phi) is 9.97. The average molecular weight is 528 g/mol. The molecule has 4 N–H and O–H groups in total. The fourth-order valence-corrected chi connectivity index (χ4v) is 5.58. The van der Waals surface area contributed by atoms with Gasteiger partial charge in [0.25, 0.3) is 5.91 Å². The molecule has 0 bridgehead atoms. The minimum Gasteiger partial charge on any atom is -0.352 e. The van der Waals surface area contributed by atoms with Crippen LogP contribution in [0.2, 0.25) is 10.3 Å². The van der Waals surface area contributed by atoms with Gasteiger partial charge in [-0.2, -0.15) is 11.3 Å². The Morgan fingerprint density at radius 3 is 2.68 bits per heavy atom. The van der Waals surface area contributed by atoms with Crippen molar-refractivity contribution in [1.82, 2.24) is 25.4 Å². The van der Waals surface area contributed by atoms with Gasteiger partial charge >= 0.3 is 6.03 Å². The molecule has 0 saturated carbocycles. The predicted molar refractivity (Wildman–Crippen MR) is 137 cm³/mol. The number of carbonyl (C=O) groups excluding carboxylic acids is 2. The Labute approximate surface area is 214 Å². The second-order valence-corrected chi connectivity index (χ2v) is 10.1. The van der Waals surface area contributed by atoms with Gasteiger partial charge < -0.3 is 26.2 Å². The van der Waals surface area contributed by atoms with Gasteiger partial charge in [-0.25, -0.2) is 9.78 Å². The number of carbonyl (C=O) groups is 2. The first-order valence-corrected chi connectivity index (χ1v) is 13.1. The summed E-state index contributed by atoms with van der Waals surface area (Å²) in [6, 6.07) is 4.02. The number of nitrogens with two attached hydrogens (primary N) is 1. The Hall–Kier alpha value is -1.91. The molecule has 2 aromatic heterocycles. The van der Waals surface area contributed by atoms with Crippen molar-refractivity contribution in [3.8, 4) is 0 Å². The molecule has 8 nitrogen and oxygen atoms in total. The summed E-state index contributed by atoms with van der Waals surface area (Å²) in [5.74, 6) is -0.243. The zero-order valence-corrected chi connectivity index (χ0v) is 21.8. The van der Waals surface area contributed by atoms with Crippen LogP contribution < -0.4 is 16.4 Å². The van der Waals surface area contributed by atoms with Crippen LogP contribution in [0, 0.1) is 6.92 Å². The third-order valence-electron chi connectivity index (χ3n) is 6.23. The molecule has 1 aliphatic rings. The number of halogens is 2. The van der Waals surface area contributed by atoms with E-state index in [4.69, 9.17) is 28.9 Å². The first-order valence-electron chi connectivity index (χ1n) is 11.4. The fourth-order valence-electron chi connectivity index (χ4n) is 4.31. The van der Waals surface area contributed by atoms with Gasteiger partial charge in [-0.1, -0.05) is 23.2 Å². The molecule has 0 aliphatic carbocycles. The van der Waals surface area contributed by atoms with Gasteiger partial charge in [0.15, 0.2) is 0 Å². The second kappa shape index (κ2) is 12.7. The zero-order valence-electron chi connectivity index (χ0n) is 19.5. The van der Waals surface area contributed by atoms with Crippen molar-refractivity contribution in [3.05, 3.63) is 49.9 Å². The van der Waals surface area contributed by atoms with E-state index in [2.05, 4.69) is 32.8 Å². The average Bonchev–Trinajstić information content (AvgIpc) is 3.30. The first-order chi connectivity index (χ1) is 16.3. The van der Waals surface area contributed by atoms with E-state index in [1.54, 1.807) is 24.3 Å². The summed E-state index contributed by atoms with van der Waals surface area (Å²) in [6.45, 7) is 6.97. The van der Waals surface area contributed by atoms with E-state index in [1.165, 1.54) is 0 Å². The third kappa shape index (κ3) is 7.05. The van der Waals surface area contributed by atoms with Crippen molar-refractivity contribution in [1.29, 1.82) is 0 Å². The summed E-state index contributed by atoms with van der Waals surface area (Å²) in [7, 11) is 0. The van der Waals surface area contributed by atoms with Crippen LogP contribution in [0.1, 0.15) is 47.7 Å². The molecule has 3 amide bonds. The smallest absolute Gasteiger partial charge is 0.318 e. The lowest BCUT2D eigenvalue weighted by atomic mass is 10.0. The molecule has 0 unspecified atom stereocenters. The normalized spacial score (nSPS) is 15.7. The van der Waals surface area contributed by atoms with Crippen LogP contribution >= 0.6 is 34.5 Å². The summed E-state index contributed by atoms with van der Waals surface area (Å²) < 4.78 is 0. The van der Waals surface area contributed by atoms with Crippen LogP contribution in [0.3, 0.4) is 0 Å². The highest BCUT2D eigenvalue weighted by molar-refractivity contribution is 7.07. The summed E-state index contributed by atoms with van der Waals surface area (Å²) in [5.41, 5.74) is 7.74. The van der Waals surface area contributed by atoms with E-state index in [0.29, 0.717) is 30.3 Å². The summed E-state index contributed by atoms with van der Waals surface area (Å²) in [6.07, 6.45) is 2.59. The molecule has 186 valence electrons. The van der Waals surface area contributed by atoms with Crippen molar-refractivity contribution in [2.45, 2.75) is 51.7 Å². The minimum atomic E-state index is -0.243. The summed E-state index contributed by atoms with van der Waals surface area (Å²) in [5, 5.41) is 10.2. The monoisotopic (exact) mass is 526 g/mol. The summed E-state index contributed by atoms with van der Waals surface area (Å²) in [4.78, 5) is 33.5. The third-order valence-corrected chi connectivity index (χ3v) is 7.43. The number of nitrogens with one attached hydrogen (secondary N) is 2. The van der Waals surface area contributed by atoms with Gasteiger partial charge in [0.2, 0.25) is 0 Å². The quantitative estimate of drug-likeness (QED) is 0.340. The van der Waals surface area contributed by atoms with Crippen LogP contribution in [0.5, 0.6) is 0 Å². The molecule has 0 spiro atoms. The molecule has 3 heterocycles. The lowest BCUT2D eigenvalue weighted by molar-refractivity contribution is 0.0905. The maximum atomic E-state index is 12.6. The van der Waals surface area contributed by atoms with E-state index in [0.717, 1.165) is 37.9 Å². The number of nitrogens with zero attached hydrogens (tertiary/aromatic N) is 3. The van der Waals surface area contributed by atoms with Crippen molar-refractivity contribution in [3.63, 3.8) is 0 Å². The number of aromatic nitrogens is 1. The van der Waals surface area contributed by atoms with Crippen LogP contribution in [-0.4, -0.2) is 65.1 Å². The van der Waals surface area contributed by atoms with E-state index in [9.17, 15) is 9.59 Å². The molecule has 2 aromatic rings. The number of piperidine rings is 1. The summed E-state index contributed by atoms with van der Waals surface area (Å²) >= 11 is 13.6. The SMILES string of the molecule is Cc1cc(Cl)nc(Cl)c1C(=O)NCC[C@@H](C)N1CCC(N(Cc2ccsc2)C(=O)NCN)CC1. The van der Waals surface area contributed by atoms with Gasteiger partial charge in [0, 0.05) is 38.3 Å². The highest BCUT2D eigenvalue weighted by atomic mass is 35.5. The highest BCUT2D eigenvalue weighted by Crippen LogP contribution is 2.23. The maximum Gasteiger partial charge on any atom is 0.318 e. The second-order valence-electron chi connectivity index (χ2n) is 8.53. The van der Waals surface area contributed by atoms with E-state index in [-0.39, 0.29) is 35.0 Å². The standard InChI is InChI=1S/C23H32Cl2N6O2S/c1-15-11-19(24)29-21(25)20(15)22(32)27-7-3-16(2)30-8-4-18(5-9-30)31(23(33)28-14-26)12-17-6-10-34-13-17/h6,10-11,13,16,18H,3-5,7-9,12,14,26H2,1-2H3,(H,27,32)(H,28,33)/t16-/m1/s1. The van der Waals surface area contributed by atoms with Crippen molar-refractivity contribution >= 4 is 46.5 Å². The fraction of sp³-hybridized carbons (Fsp3) is 0.522. The van der Waals surface area contributed by atoms with Crippen molar-refractivity contribution < 1.29 is 9.59 Å². The molecular formula is C23H32Cl2N6O2S. The lowest BCUT2D eigenvalue weighted by Crippen LogP contribution is -2.52. The predicted octanol–water partition coefficient (Wildman–Crippen LogP) is 3.86. The van der Waals surface area contributed by atoms with Crippen LogP contribution in [0.4, 0.5) is 4.79 Å². The Bertz CT molecular complexity index is 943. The maximum absolute atomic E-state index is 12.6. The number of amides is 3. The van der Waals surface area contributed by atoms with Crippen LogP contribution in [-0.2, 0) is 6.54 Å². The van der Waals surface area contributed by atoms with Gasteiger partial charge in [0.1, 0.15) is 10.3 Å². The molecule has 1 aliphatic heterocycles. The Balaban J connectivity index is 1.48. The number of thiophene rings is 1. The largest absolute Gasteiger partial charge is 0.352 e. The Morgan fingerprint density at radius 2 is 2.06 bits per heavy atom. The molecule has 1 fully saturated rings. The number of hydrogen-bond acceptors (Lipinski definition) is 6. The number of urea groups is 1. The molecule has 1 saturated heterocycles. The molecule has 1 atom stereocenters. The number of pyridine rings is 1. The van der Waals surface area contributed by atoms with Crippen molar-refractivity contribution in [2.75, 3.05) is 26.3 Å². The van der Waals surface area contributed by atoms with Crippen molar-refractivity contribution in [2.24, 2.45) is 5.73 Å². The number of hydrogen-bond donors (Lipinski definition) is 3. The molecule has 3 rings (SSSR count). The molecular weight excluding hydrogens is 495 g/mol. The number of likely N-dealkylation sites (tertiary alicyclic amines) is 1. The van der Waals surface area contributed by atoms with E-state index >= 15 is 0 Å². The molecule has 0 radical (unpaired) electrons. The van der Waals surface area contributed by atoms with E-state index < -0.39 is 0 Å². The molecule has 11 heteroatoms. The van der Waals surface area contributed by atoms with Gasteiger partial charge in [-0.15, -0.1) is 0 Å². The molecule has 0 aromatic carbocycles.